The molecule has 0 aliphatic carbocycles. The highest BCUT2D eigenvalue weighted by Gasteiger charge is 2.18. The average molecular weight is 426 g/mol. The number of benzene rings is 3. The summed E-state index contributed by atoms with van der Waals surface area (Å²) in [4.78, 5) is 12.5. The van der Waals surface area contributed by atoms with Crippen molar-refractivity contribution in [2.24, 2.45) is 7.05 Å². The minimum Gasteiger partial charge on any atom is -0.493 e. The number of hydrogen-bond acceptors (Lipinski definition) is 4. The van der Waals surface area contributed by atoms with Crippen LogP contribution in [0.25, 0.3) is 23.1 Å². The van der Waals surface area contributed by atoms with Gasteiger partial charge in [-0.1, -0.05) is 42.5 Å². The molecule has 4 rings (SSSR count). The van der Waals surface area contributed by atoms with E-state index < -0.39 is 5.97 Å². The first kappa shape index (κ1) is 21.1. The molecule has 0 amide bonds. The van der Waals surface area contributed by atoms with Crippen molar-refractivity contribution in [1.82, 2.24) is 0 Å². The van der Waals surface area contributed by atoms with Gasteiger partial charge in [0.05, 0.1) is 25.2 Å². The minimum atomic E-state index is -0.478. The number of ether oxygens (including phenoxy) is 3. The maximum atomic E-state index is 12.5. The van der Waals surface area contributed by atoms with Gasteiger partial charge in [-0.3, -0.25) is 0 Å². The lowest BCUT2D eigenvalue weighted by Gasteiger charge is -2.14. The summed E-state index contributed by atoms with van der Waals surface area (Å²) >= 11 is 0. The van der Waals surface area contributed by atoms with Crippen molar-refractivity contribution in [3.8, 4) is 17.2 Å². The van der Waals surface area contributed by atoms with Crippen molar-refractivity contribution in [3.63, 3.8) is 0 Å². The SMILES string of the molecule is COc1cc(C=Cc2cc[n+](C)c3ccccc23)cc(OC)c1OC(=O)c1ccccc1. The van der Waals surface area contributed by atoms with Gasteiger partial charge in [0.2, 0.25) is 11.3 Å². The van der Waals surface area contributed by atoms with Gasteiger partial charge in [0.25, 0.3) is 0 Å². The molecular weight excluding hydrogens is 402 g/mol. The molecule has 0 saturated heterocycles. The normalized spacial score (nSPS) is 11.0. The van der Waals surface area contributed by atoms with Gasteiger partial charge < -0.3 is 14.2 Å². The van der Waals surface area contributed by atoms with Gasteiger partial charge in [0.1, 0.15) is 7.05 Å². The third-order valence-electron chi connectivity index (χ3n) is 5.22. The van der Waals surface area contributed by atoms with E-state index in [4.69, 9.17) is 14.2 Å². The Labute approximate surface area is 187 Å². The Kier molecular flexibility index (Phi) is 6.17. The fourth-order valence-electron chi connectivity index (χ4n) is 3.54. The third kappa shape index (κ3) is 4.32. The number of methoxy groups -OCH3 is 2. The molecule has 3 aromatic carbocycles. The van der Waals surface area contributed by atoms with E-state index in [2.05, 4.69) is 22.8 Å². The van der Waals surface area contributed by atoms with Crippen LogP contribution in [0, 0.1) is 0 Å². The van der Waals surface area contributed by atoms with Crippen molar-refractivity contribution < 1.29 is 23.6 Å². The predicted octanol–water partition coefficient (Wildman–Crippen LogP) is 5.07. The number of fused-ring (bicyclic) bond motifs is 1. The maximum absolute atomic E-state index is 12.5. The molecule has 5 heteroatoms. The monoisotopic (exact) mass is 426 g/mol. The standard InChI is InChI=1S/C27H24NO4/c1-28-16-15-20(22-11-7-8-12-23(22)28)14-13-19-17-24(30-2)26(25(18-19)31-3)32-27(29)21-9-5-4-6-10-21/h4-18H,1-3H3/q+1. The van der Waals surface area contributed by atoms with Crippen LogP contribution in [0.4, 0.5) is 0 Å². The number of para-hydroxylation sites is 1. The lowest BCUT2D eigenvalue weighted by molar-refractivity contribution is -0.644. The molecule has 0 saturated carbocycles. The van der Waals surface area contributed by atoms with E-state index in [-0.39, 0.29) is 5.75 Å². The van der Waals surface area contributed by atoms with Gasteiger partial charge in [-0.2, -0.15) is 0 Å². The van der Waals surface area contributed by atoms with Crippen LogP contribution in [0.3, 0.4) is 0 Å². The number of carbonyl (C=O) groups excluding carboxylic acids is 1. The molecule has 0 fully saturated rings. The van der Waals surface area contributed by atoms with Crippen LogP contribution in [0.2, 0.25) is 0 Å². The zero-order chi connectivity index (χ0) is 22.5. The Morgan fingerprint density at radius 2 is 1.50 bits per heavy atom. The molecule has 0 aliphatic heterocycles. The first-order chi connectivity index (χ1) is 15.6. The summed E-state index contributed by atoms with van der Waals surface area (Å²) in [6, 6.07) is 22.8. The van der Waals surface area contributed by atoms with E-state index in [1.807, 2.05) is 55.7 Å². The van der Waals surface area contributed by atoms with Crippen molar-refractivity contribution >= 4 is 29.0 Å². The van der Waals surface area contributed by atoms with E-state index in [0.29, 0.717) is 17.1 Å². The van der Waals surface area contributed by atoms with Gasteiger partial charge in [-0.05, 0) is 41.5 Å². The second-order valence-corrected chi connectivity index (χ2v) is 7.24. The van der Waals surface area contributed by atoms with Crippen LogP contribution in [0.15, 0.2) is 79.0 Å². The fourth-order valence-corrected chi connectivity index (χ4v) is 3.54. The summed E-state index contributed by atoms with van der Waals surface area (Å²) in [5.74, 6) is 0.600. The minimum absolute atomic E-state index is 0.248. The summed E-state index contributed by atoms with van der Waals surface area (Å²) < 4.78 is 18.7. The molecule has 0 spiro atoms. The average Bonchev–Trinajstić information content (AvgIpc) is 2.84. The molecular formula is C27H24NO4+. The summed E-state index contributed by atoms with van der Waals surface area (Å²) in [5, 5.41) is 1.15. The second kappa shape index (κ2) is 9.35. The first-order valence-corrected chi connectivity index (χ1v) is 10.2. The molecule has 0 bridgehead atoms. The molecule has 0 unspecified atom stereocenters. The third-order valence-corrected chi connectivity index (χ3v) is 5.22. The Morgan fingerprint density at radius 3 is 2.19 bits per heavy atom. The zero-order valence-electron chi connectivity index (χ0n) is 18.2. The smallest absolute Gasteiger partial charge is 0.343 e. The van der Waals surface area contributed by atoms with Crippen molar-refractivity contribution in [2.75, 3.05) is 14.2 Å². The van der Waals surface area contributed by atoms with Crippen LogP contribution in [0.1, 0.15) is 21.5 Å². The van der Waals surface area contributed by atoms with Crippen molar-refractivity contribution in [1.29, 1.82) is 0 Å². The van der Waals surface area contributed by atoms with Crippen molar-refractivity contribution in [2.45, 2.75) is 0 Å². The molecule has 32 heavy (non-hydrogen) atoms. The number of aromatic nitrogens is 1. The van der Waals surface area contributed by atoms with E-state index in [0.717, 1.165) is 22.0 Å². The summed E-state index contributed by atoms with van der Waals surface area (Å²) in [6.07, 6.45) is 6.07. The zero-order valence-corrected chi connectivity index (χ0v) is 18.2. The summed E-state index contributed by atoms with van der Waals surface area (Å²) in [5.41, 5.74) is 3.55. The van der Waals surface area contributed by atoms with Gasteiger partial charge in [-0.25, -0.2) is 9.36 Å². The Bertz CT molecular complexity index is 1270. The number of pyridine rings is 1. The number of hydrogen-bond donors (Lipinski definition) is 0. The number of aryl methyl sites for hydroxylation is 1. The molecule has 0 aliphatic rings. The summed E-state index contributed by atoms with van der Waals surface area (Å²) in [6.45, 7) is 0. The number of esters is 1. The fraction of sp³-hybridized carbons (Fsp3) is 0.111. The van der Waals surface area contributed by atoms with Gasteiger partial charge in [0.15, 0.2) is 17.7 Å². The van der Waals surface area contributed by atoms with E-state index in [1.54, 1.807) is 24.3 Å². The second-order valence-electron chi connectivity index (χ2n) is 7.24. The maximum Gasteiger partial charge on any atom is 0.343 e. The van der Waals surface area contributed by atoms with E-state index >= 15 is 0 Å². The lowest BCUT2D eigenvalue weighted by atomic mass is 10.1. The van der Waals surface area contributed by atoms with Crippen LogP contribution >= 0.6 is 0 Å². The van der Waals surface area contributed by atoms with Crippen LogP contribution in [-0.2, 0) is 7.05 Å². The highest BCUT2D eigenvalue weighted by Crippen LogP contribution is 2.39. The molecule has 0 radical (unpaired) electrons. The molecule has 1 heterocycles. The number of nitrogens with zero attached hydrogens (tertiary/aromatic N) is 1. The topological polar surface area (TPSA) is 48.6 Å². The first-order valence-electron chi connectivity index (χ1n) is 10.2. The molecule has 1 aromatic heterocycles. The quantitative estimate of drug-likeness (QED) is 0.245. The molecule has 160 valence electrons. The van der Waals surface area contributed by atoms with Gasteiger partial charge >= 0.3 is 5.97 Å². The number of carbonyl (C=O) groups is 1. The van der Waals surface area contributed by atoms with E-state index in [9.17, 15) is 4.79 Å². The molecule has 5 nitrogen and oxygen atoms in total. The van der Waals surface area contributed by atoms with Crippen LogP contribution in [-0.4, -0.2) is 20.2 Å². The largest absolute Gasteiger partial charge is 0.493 e. The van der Waals surface area contributed by atoms with E-state index in [1.165, 1.54) is 14.2 Å². The molecule has 0 atom stereocenters. The summed E-state index contributed by atoms with van der Waals surface area (Å²) in [7, 11) is 5.10. The highest BCUT2D eigenvalue weighted by molar-refractivity contribution is 5.92. The predicted molar refractivity (Wildman–Crippen MR) is 125 cm³/mol. The van der Waals surface area contributed by atoms with Crippen LogP contribution < -0.4 is 18.8 Å². The van der Waals surface area contributed by atoms with Crippen LogP contribution in [0.5, 0.6) is 17.2 Å². The van der Waals surface area contributed by atoms with Crippen molar-refractivity contribution in [3.05, 3.63) is 95.7 Å². The molecule has 0 N–H and O–H groups in total. The van der Waals surface area contributed by atoms with Gasteiger partial charge in [0, 0.05) is 12.1 Å². The molecule has 4 aromatic rings. The van der Waals surface area contributed by atoms with Gasteiger partial charge in [-0.15, -0.1) is 0 Å². The Hall–Kier alpha value is -4.12. The lowest BCUT2D eigenvalue weighted by Crippen LogP contribution is -2.28. The Balaban J connectivity index is 1.68. The Morgan fingerprint density at radius 1 is 0.844 bits per heavy atom. The number of rotatable bonds is 6. The highest BCUT2D eigenvalue weighted by atomic mass is 16.6.